The van der Waals surface area contributed by atoms with Gasteiger partial charge in [0.05, 0.1) is 35.4 Å². The van der Waals surface area contributed by atoms with Gasteiger partial charge in [0.25, 0.3) is 0 Å². The Morgan fingerprint density at radius 2 is 0.917 bits per heavy atom. The number of hydrogen-bond acceptors (Lipinski definition) is 0. The maximum absolute atomic E-state index is 8.11. The Bertz CT molecular complexity index is 2730. The molecular formula is C44H26N4. The van der Waals surface area contributed by atoms with Crippen LogP contribution in [0, 0.1) is 13.1 Å². The summed E-state index contributed by atoms with van der Waals surface area (Å²) in [6, 6.07) is 54.4. The molecule has 0 amide bonds. The molecule has 0 saturated carbocycles. The van der Waals surface area contributed by atoms with Gasteiger partial charge in [0.2, 0.25) is 5.69 Å². The van der Waals surface area contributed by atoms with E-state index in [4.69, 9.17) is 13.1 Å². The van der Waals surface area contributed by atoms with E-state index in [0.717, 1.165) is 55.4 Å². The van der Waals surface area contributed by atoms with Gasteiger partial charge in [0, 0.05) is 32.7 Å². The molecule has 0 aliphatic heterocycles. The van der Waals surface area contributed by atoms with Gasteiger partial charge in [-0.15, -0.1) is 0 Å². The molecule has 9 rings (SSSR count). The van der Waals surface area contributed by atoms with E-state index in [1.54, 1.807) is 0 Å². The number of fused-ring (bicyclic) bond motifs is 6. The summed E-state index contributed by atoms with van der Waals surface area (Å²) in [5.74, 6) is 0. The average Bonchev–Trinajstić information content (AvgIpc) is 3.67. The molecule has 0 N–H and O–H groups in total. The second-order valence-electron chi connectivity index (χ2n) is 11.9. The molecule has 222 valence electrons. The minimum atomic E-state index is 0.563. The van der Waals surface area contributed by atoms with E-state index in [1.807, 2.05) is 42.5 Å². The molecule has 0 aliphatic rings. The summed E-state index contributed by atoms with van der Waals surface area (Å²) in [6.45, 7) is 15.8. The highest BCUT2D eigenvalue weighted by molar-refractivity contribution is 6.11. The molecule has 0 spiro atoms. The number of para-hydroxylation sites is 4. The Balaban J connectivity index is 1.14. The minimum Gasteiger partial charge on any atom is -0.320 e. The molecule has 0 aliphatic carbocycles. The largest absolute Gasteiger partial charge is 0.320 e. The molecule has 7 aromatic carbocycles. The lowest BCUT2D eigenvalue weighted by molar-refractivity contribution is 1.18. The summed E-state index contributed by atoms with van der Waals surface area (Å²) >= 11 is 0. The highest BCUT2D eigenvalue weighted by Gasteiger charge is 2.19. The summed E-state index contributed by atoms with van der Waals surface area (Å²) in [6.07, 6.45) is 0. The van der Waals surface area contributed by atoms with Gasteiger partial charge in [-0.05, 0) is 58.7 Å². The fourth-order valence-electron chi connectivity index (χ4n) is 7.20. The first-order valence-corrected chi connectivity index (χ1v) is 15.8. The van der Waals surface area contributed by atoms with Crippen LogP contribution in [0.25, 0.3) is 86.9 Å². The van der Waals surface area contributed by atoms with Crippen LogP contribution in [0.15, 0.2) is 158 Å². The van der Waals surface area contributed by atoms with Gasteiger partial charge in [-0.3, -0.25) is 0 Å². The zero-order chi connectivity index (χ0) is 32.2. The van der Waals surface area contributed by atoms with E-state index < -0.39 is 0 Å². The summed E-state index contributed by atoms with van der Waals surface area (Å²) in [5, 5.41) is 4.65. The van der Waals surface area contributed by atoms with Crippen molar-refractivity contribution in [3.8, 4) is 33.6 Å². The fraction of sp³-hybridized carbons (Fsp3) is 0. The van der Waals surface area contributed by atoms with Crippen molar-refractivity contribution in [3.05, 3.63) is 181 Å². The zero-order valence-corrected chi connectivity index (χ0v) is 25.8. The molecule has 0 atom stereocenters. The van der Waals surface area contributed by atoms with Crippen molar-refractivity contribution in [2.45, 2.75) is 0 Å². The molecule has 0 unspecified atom stereocenters. The van der Waals surface area contributed by atoms with Crippen LogP contribution in [0.3, 0.4) is 0 Å². The Morgan fingerprint density at radius 1 is 0.396 bits per heavy atom. The van der Waals surface area contributed by atoms with Crippen LogP contribution in [0.4, 0.5) is 11.4 Å². The van der Waals surface area contributed by atoms with Gasteiger partial charge in [0.1, 0.15) is 0 Å². The van der Waals surface area contributed by atoms with E-state index in [0.29, 0.717) is 11.4 Å². The molecule has 48 heavy (non-hydrogen) atoms. The van der Waals surface area contributed by atoms with Gasteiger partial charge < -0.3 is 9.13 Å². The smallest absolute Gasteiger partial charge is 0.211 e. The predicted octanol–water partition coefficient (Wildman–Crippen LogP) is 12.3. The standard InChI is InChI=1S/C44H26N4/c1-45-32-24-27-38-37-12-5-8-17-42(37)48(43(38)28-32)44-34(13-9-14-39(44)46-2)31-20-18-29(19-21-31)30-22-25-33(26-23-30)47-40-15-6-3-10-35(40)36-11-4-7-16-41(36)47/h3-28H. The van der Waals surface area contributed by atoms with Crippen molar-refractivity contribution in [1.82, 2.24) is 9.13 Å². The van der Waals surface area contributed by atoms with Gasteiger partial charge in [-0.2, -0.15) is 0 Å². The molecule has 9 aromatic rings. The van der Waals surface area contributed by atoms with Crippen LogP contribution in [0.1, 0.15) is 0 Å². The summed E-state index contributed by atoms with van der Waals surface area (Å²) in [7, 11) is 0. The topological polar surface area (TPSA) is 18.6 Å². The number of hydrogen-bond donors (Lipinski definition) is 0. The molecule has 4 heteroatoms. The lowest BCUT2D eigenvalue weighted by atomic mass is 9.98. The van der Waals surface area contributed by atoms with Gasteiger partial charge >= 0.3 is 0 Å². The fourth-order valence-corrected chi connectivity index (χ4v) is 7.20. The SMILES string of the molecule is [C-]#[N+]c1ccc2c3ccccc3n(-c3c([N+]#[C-])cccc3-c3ccc(-c4ccc(-n5c6ccccc6c6ccccc65)cc4)cc3)c2c1. The second kappa shape index (κ2) is 10.9. The monoisotopic (exact) mass is 610 g/mol. The third kappa shape index (κ3) is 4.14. The van der Waals surface area contributed by atoms with Crippen molar-refractivity contribution < 1.29 is 0 Å². The van der Waals surface area contributed by atoms with Crippen molar-refractivity contribution in [3.63, 3.8) is 0 Å². The van der Waals surface area contributed by atoms with Crippen LogP contribution < -0.4 is 0 Å². The summed E-state index contributed by atoms with van der Waals surface area (Å²) in [5.41, 5.74) is 11.6. The van der Waals surface area contributed by atoms with E-state index >= 15 is 0 Å². The van der Waals surface area contributed by atoms with Crippen molar-refractivity contribution in [1.29, 1.82) is 0 Å². The number of benzene rings is 7. The van der Waals surface area contributed by atoms with E-state index in [9.17, 15) is 0 Å². The van der Waals surface area contributed by atoms with Crippen molar-refractivity contribution in [2.24, 2.45) is 0 Å². The third-order valence-corrected chi connectivity index (χ3v) is 9.38. The van der Waals surface area contributed by atoms with Gasteiger partial charge in [-0.1, -0.05) is 121 Å². The molecular weight excluding hydrogens is 585 g/mol. The van der Waals surface area contributed by atoms with Gasteiger partial charge in [-0.25, -0.2) is 9.69 Å². The Labute approximate surface area is 277 Å². The molecule has 0 bridgehead atoms. The Morgan fingerprint density at radius 3 is 1.50 bits per heavy atom. The van der Waals surface area contributed by atoms with E-state index in [1.165, 1.54) is 21.8 Å². The second-order valence-corrected chi connectivity index (χ2v) is 11.9. The van der Waals surface area contributed by atoms with Crippen molar-refractivity contribution in [2.75, 3.05) is 0 Å². The normalized spacial score (nSPS) is 11.3. The molecule has 0 saturated heterocycles. The van der Waals surface area contributed by atoms with E-state index in [-0.39, 0.29) is 0 Å². The molecule has 4 nitrogen and oxygen atoms in total. The number of aromatic nitrogens is 2. The first-order chi connectivity index (χ1) is 23.7. The maximum Gasteiger partial charge on any atom is 0.211 e. The predicted molar refractivity (Wildman–Crippen MR) is 199 cm³/mol. The zero-order valence-electron chi connectivity index (χ0n) is 25.8. The minimum absolute atomic E-state index is 0.563. The van der Waals surface area contributed by atoms with Crippen LogP contribution >= 0.6 is 0 Å². The molecule has 0 fully saturated rings. The highest BCUT2D eigenvalue weighted by atomic mass is 15.0. The average molecular weight is 611 g/mol. The molecule has 2 heterocycles. The highest BCUT2D eigenvalue weighted by Crippen LogP contribution is 2.42. The van der Waals surface area contributed by atoms with Crippen molar-refractivity contribution >= 4 is 55.0 Å². The maximum atomic E-state index is 8.11. The quantitative estimate of drug-likeness (QED) is 0.177. The first-order valence-electron chi connectivity index (χ1n) is 15.8. The summed E-state index contributed by atoms with van der Waals surface area (Å²) in [4.78, 5) is 7.68. The van der Waals surface area contributed by atoms with Gasteiger partial charge in [0.15, 0.2) is 5.69 Å². The molecule has 0 radical (unpaired) electrons. The van der Waals surface area contributed by atoms with Crippen LogP contribution in [0.2, 0.25) is 0 Å². The lowest BCUT2D eigenvalue weighted by Crippen LogP contribution is -1.98. The van der Waals surface area contributed by atoms with Crippen LogP contribution in [0.5, 0.6) is 0 Å². The Hall–Kier alpha value is -6.88. The first kappa shape index (κ1) is 27.4. The third-order valence-electron chi connectivity index (χ3n) is 9.38. The number of nitrogens with zero attached hydrogens (tertiary/aromatic N) is 4. The molecule has 2 aromatic heterocycles. The van der Waals surface area contributed by atoms with Crippen LogP contribution in [-0.4, -0.2) is 9.13 Å². The Kier molecular flexibility index (Phi) is 6.22. The number of rotatable bonds is 4. The van der Waals surface area contributed by atoms with E-state index in [2.05, 4.69) is 134 Å². The summed E-state index contributed by atoms with van der Waals surface area (Å²) < 4.78 is 4.49. The lowest BCUT2D eigenvalue weighted by Gasteiger charge is -2.16. The van der Waals surface area contributed by atoms with Crippen LogP contribution in [-0.2, 0) is 0 Å².